The van der Waals surface area contributed by atoms with Crippen molar-refractivity contribution in [2.75, 3.05) is 47.5 Å². The number of hydrogen-bond donors (Lipinski definition) is 1. The second-order valence-corrected chi connectivity index (χ2v) is 30.9. The first-order valence-electron chi connectivity index (χ1n) is 42.0. The van der Waals surface area contributed by atoms with E-state index < -0.39 is 26.5 Å². The van der Waals surface area contributed by atoms with Gasteiger partial charge in [0.1, 0.15) is 19.8 Å². The Morgan fingerprint density at radius 3 is 0.878 bits per heavy atom. The van der Waals surface area contributed by atoms with E-state index in [4.69, 9.17) is 18.5 Å². The van der Waals surface area contributed by atoms with Gasteiger partial charge in [0.25, 0.3) is 0 Å². The van der Waals surface area contributed by atoms with E-state index in [1.54, 1.807) is 0 Å². The number of quaternary nitrogens is 1. The lowest BCUT2D eigenvalue weighted by Gasteiger charge is -2.24. The van der Waals surface area contributed by atoms with Crippen molar-refractivity contribution in [2.24, 2.45) is 0 Å². The zero-order valence-corrected chi connectivity index (χ0v) is 66.2. The van der Waals surface area contributed by atoms with Crippen LogP contribution in [-0.2, 0) is 32.7 Å². The number of unbranched alkanes of at least 4 members (excludes halogenated alkanes) is 48. The summed E-state index contributed by atoms with van der Waals surface area (Å²) >= 11 is 0. The van der Waals surface area contributed by atoms with E-state index >= 15 is 0 Å². The standard InChI is InChI=1S/C88H160NO8P/c1-6-8-10-12-14-16-18-20-22-24-26-28-30-32-34-36-38-40-42-43-44-45-47-49-51-53-55-57-59-61-63-65-67-69-71-73-75-77-79-81-88(91)97-86(85-96-98(92,93)95-83-82-89(3,4)5)84-94-87(90)80-78-76-74-72-70-68-66-64-62-60-58-56-54-52-50-48-46-41-39-37-35-33-31-29-27-25-23-21-19-17-15-13-11-9-7-2/h8,10,14,16,20,22,25-28,32,34,38,40,43-44,86H,6-7,9,11-13,15,17-19,21,23-24,29-31,33,35-37,39,41-42,45-85H2,1-5H3/p+1/b10-8-,16-14-,22-20-,27-25-,28-26-,34-32-,40-38-,44-43-. The highest BCUT2D eigenvalue weighted by molar-refractivity contribution is 7.47. The van der Waals surface area contributed by atoms with Gasteiger partial charge in [-0.3, -0.25) is 18.6 Å². The van der Waals surface area contributed by atoms with Crippen molar-refractivity contribution in [1.82, 2.24) is 0 Å². The van der Waals surface area contributed by atoms with Gasteiger partial charge in [-0.05, 0) is 96.3 Å². The van der Waals surface area contributed by atoms with E-state index in [2.05, 4.69) is 111 Å². The van der Waals surface area contributed by atoms with Gasteiger partial charge in [0.2, 0.25) is 0 Å². The molecule has 0 fully saturated rings. The van der Waals surface area contributed by atoms with E-state index in [0.717, 1.165) is 77.0 Å². The maximum atomic E-state index is 12.9. The van der Waals surface area contributed by atoms with Gasteiger partial charge in [-0.25, -0.2) is 4.57 Å². The zero-order valence-electron chi connectivity index (χ0n) is 65.3. The lowest BCUT2D eigenvalue weighted by Crippen LogP contribution is -2.37. The summed E-state index contributed by atoms with van der Waals surface area (Å²) in [5.41, 5.74) is 0. The lowest BCUT2D eigenvalue weighted by atomic mass is 10.0. The number of carbonyl (C=O) groups is 2. The molecular weight excluding hydrogens is 1230 g/mol. The monoisotopic (exact) mass is 1390 g/mol. The third-order valence-corrected chi connectivity index (χ3v) is 19.6. The van der Waals surface area contributed by atoms with Crippen LogP contribution in [0.4, 0.5) is 0 Å². The Kier molecular flexibility index (Phi) is 75.6. The van der Waals surface area contributed by atoms with Gasteiger partial charge in [0, 0.05) is 12.8 Å². The van der Waals surface area contributed by atoms with Gasteiger partial charge in [-0.15, -0.1) is 0 Å². The second-order valence-electron chi connectivity index (χ2n) is 29.5. The third-order valence-electron chi connectivity index (χ3n) is 18.6. The normalized spacial score (nSPS) is 13.5. The highest BCUT2D eigenvalue weighted by Crippen LogP contribution is 2.43. The van der Waals surface area contributed by atoms with Gasteiger partial charge in [-0.2, -0.15) is 0 Å². The molecule has 0 aromatic rings. The number of phosphoric ester groups is 1. The van der Waals surface area contributed by atoms with Gasteiger partial charge < -0.3 is 18.9 Å². The van der Waals surface area contributed by atoms with E-state index in [1.807, 2.05) is 21.1 Å². The molecule has 0 rings (SSSR count). The third kappa shape index (κ3) is 81.9. The van der Waals surface area contributed by atoms with Crippen molar-refractivity contribution in [3.8, 4) is 0 Å². The Morgan fingerprint density at radius 2 is 0.582 bits per heavy atom. The summed E-state index contributed by atoms with van der Waals surface area (Å²) in [4.78, 5) is 36.0. The Labute approximate surface area is 608 Å². The van der Waals surface area contributed by atoms with E-state index in [0.29, 0.717) is 23.9 Å². The van der Waals surface area contributed by atoms with Crippen LogP contribution in [0.15, 0.2) is 97.2 Å². The number of phosphoric acid groups is 1. The average molecular weight is 1390 g/mol. The summed E-state index contributed by atoms with van der Waals surface area (Å²) in [7, 11) is 1.49. The molecule has 0 amide bonds. The minimum absolute atomic E-state index is 0.0318. The molecule has 2 atom stereocenters. The molecule has 0 aliphatic heterocycles. The predicted octanol–water partition coefficient (Wildman–Crippen LogP) is 28.2. The van der Waals surface area contributed by atoms with Crippen LogP contribution in [0.1, 0.15) is 399 Å². The number of ether oxygens (including phenoxy) is 2. The van der Waals surface area contributed by atoms with Crippen molar-refractivity contribution in [3.05, 3.63) is 97.2 Å². The van der Waals surface area contributed by atoms with E-state index in [-0.39, 0.29) is 25.6 Å². The SMILES string of the molecule is CC/C=C\C/C=C\C/C=C\C/C=C\C/C=C\C/C=C\C/C=C\CCCCCCCCCCCCCCCCCCCC(=O)OC(COC(=O)CCCCCCCCCCCCCCCCCCCCCCCCC/C=C\CCCCCCCCCC)COP(=O)(O)OCC[N+](C)(C)C. The fourth-order valence-corrected chi connectivity index (χ4v) is 13.0. The van der Waals surface area contributed by atoms with Crippen molar-refractivity contribution < 1.29 is 42.1 Å². The van der Waals surface area contributed by atoms with Gasteiger partial charge >= 0.3 is 19.8 Å². The first-order chi connectivity index (χ1) is 48.0. The summed E-state index contributed by atoms with van der Waals surface area (Å²) in [6.07, 6.45) is 110. The number of hydrogen-bond acceptors (Lipinski definition) is 7. The first-order valence-corrected chi connectivity index (χ1v) is 43.5. The Hall–Kier alpha value is -3.07. The van der Waals surface area contributed by atoms with Gasteiger partial charge in [0.05, 0.1) is 27.7 Å². The molecule has 0 bridgehead atoms. The molecule has 0 aliphatic rings. The van der Waals surface area contributed by atoms with Gasteiger partial charge in [-0.1, -0.05) is 387 Å². The molecule has 0 aromatic carbocycles. The molecule has 0 aliphatic carbocycles. The Morgan fingerprint density at radius 1 is 0.327 bits per heavy atom. The molecule has 10 heteroatoms. The van der Waals surface area contributed by atoms with Gasteiger partial charge in [0.15, 0.2) is 6.10 Å². The molecule has 1 N–H and O–H groups in total. The molecule has 98 heavy (non-hydrogen) atoms. The minimum Gasteiger partial charge on any atom is -0.462 e. The van der Waals surface area contributed by atoms with Crippen LogP contribution >= 0.6 is 7.82 Å². The number of esters is 2. The molecule has 2 unspecified atom stereocenters. The molecule has 0 aromatic heterocycles. The fourth-order valence-electron chi connectivity index (χ4n) is 12.2. The van der Waals surface area contributed by atoms with Crippen LogP contribution < -0.4 is 0 Å². The number of nitrogens with zero attached hydrogens (tertiary/aromatic N) is 1. The fraction of sp³-hybridized carbons (Fsp3) is 0.795. The van der Waals surface area contributed by atoms with Crippen LogP contribution in [-0.4, -0.2) is 74.9 Å². The zero-order chi connectivity index (χ0) is 71.1. The van der Waals surface area contributed by atoms with E-state index in [9.17, 15) is 19.0 Å². The van der Waals surface area contributed by atoms with Crippen LogP contribution in [0, 0.1) is 0 Å². The van der Waals surface area contributed by atoms with Crippen LogP contribution in [0.3, 0.4) is 0 Å². The van der Waals surface area contributed by atoms with E-state index in [1.165, 1.54) is 289 Å². The molecule has 0 heterocycles. The molecule has 0 spiro atoms. The summed E-state index contributed by atoms with van der Waals surface area (Å²) in [6, 6.07) is 0. The molecule has 9 nitrogen and oxygen atoms in total. The number of allylic oxidation sites excluding steroid dienone is 16. The summed E-state index contributed by atoms with van der Waals surface area (Å²) in [5.74, 6) is -0.779. The number of rotatable bonds is 78. The molecule has 0 saturated heterocycles. The predicted molar refractivity (Wildman–Crippen MR) is 427 cm³/mol. The molecule has 0 radical (unpaired) electrons. The first kappa shape index (κ1) is 94.9. The van der Waals surface area contributed by atoms with Crippen LogP contribution in [0.5, 0.6) is 0 Å². The topological polar surface area (TPSA) is 108 Å². The maximum absolute atomic E-state index is 12.9. The second kappa shape index (κ2) is 78.1. The minimum atomic E-state index is -4.40. The van der Waals surface area contributed by atoms with Crippen LogP contribution in [0.25, 0.3) is 0 Å². The highest BCUT2D eigenvalue weighted by atomic mass is 31.2. The average Bonchev–Trinajstić information content (AvgIpc) is 1.23. The van der Waals surface area contributed by atoms with Crippen molar-refractivity contribution >= 4 is 19.8 Å². The quantitative estimate of drug-likeness (QED) is 0.0211. The summed E-state index contributed by atoms with van der Waals surface area (Å²) < 4.78 is 34.9. The summed E-state index contributed by atoms with van der Waals surface area (Å²) in [5, 5.41) is 0. The molecule has 0 saturated carbocycles. The highest BCUT2D eigenvalue weighted by Gasteiger charge is 2.27. The largest absolute Gasteiger partial charge is 0.472 e. The van der Waals surface area contributed by atoms with Crippen molar-refractivity contribution in [1.29, 1.82) is 0 Å². The Bertz CT molecular complexity index is 1980. The van der Waals surface area contributed by atoms with Crippen molar-refractivity contribution in [2.45, 2.75) is 405 Å². The summed E-state index contributed by atoms with van der Waals surface area (Å²) in [6.45, 7) is 4.38. The van der Waals surface area contributed by atoms with Crippen LogP contribution in [0.2, 0.25) is 0 Å². The lowest BCUT2D eigenvalue weighted by molar-refractivity contribution is -0.870. The number of likely N-dealkylation sites (N-methyl/N-ethyl adjacent to an activating group) is 1. The smallest absolute Gasteiger partial charge is 0.462 e. The van der Waals surface area contributed by atoms with Crippen molar-refractivity contribution in [3.63, 3.8) is 0 Å². The number of carbonyl (C=O) groups excluding carboxylic acids is 2. The maximum Gasteiger partial charge on any atom is 0.472 e. The Balaban J connectivity index is 3.92. The molecule has 570 valence electrons. The molecular formula is C88H161NO8P+.